The Morgan fingerprint density at radius 1 is 1.08 bits per heavy atom. The number of benzene rings is 1. The van der Waals surface area contributed by atoms with Gasteiger partial charge < -0.3 is 9.64 Å². The van der Waals surface area contributed by atoms with Crippen LogP contribution >= 0.6 is 0 Å². The molecule has 1 fully saturated rings. The summed E-state index contributed by atoms with van der Waals surface area (Å²) < 4.78 is 8.01. The van der Waals surface area contributed by atoms with Crippen LogP contribution < -0.4 is 9.64 Å². The number of hydrogen-bond donors (Lipinski definition) is 0. The standard InChI is InChI=1S/C20H22N4O/c1-2-8-16(9-3-1)25-14-18-17-11-13-23(15-6-4-5-7-15)20(17)24-19(22-18)10-12-21-24/h1-3,8-10,12,15H,4-7,11,13-14H2. The van der Waals surface area contributed by atoms with E-state index in [1.165, 1.54) is 37.1 Å². The lowest BCUT2D eigenvalue weighted by Gasteiger charge is -2.27. The topological polar surface area (TPSA) is 42.7 Å². The predicted octanol–water partition coefficient (Wildman–Crippen LogP) is 3.61. The Labute approximate surface area is 147 Å². The number of hydrogen-bond acceptors (Lipinski definition) is 4. The van der Waals surface area contributed by atoms with Gasteiger partial charge in [-0.3, -0.25) is 0 Å². The third-order valence-electron chi connectivity index (χ3n) is 5.45. The van der Waals surface area contributed by atoms with Crippen LogP contribution in [0.25, 0.3) is 5.65 Å². The van der Waals surface area contributed by atoms with Crippen LogP contribution in [-0.2, 0) is 13.0 Å². The fourth-order valence-corrected chi connectivity index (χ4v) is 4.26. The van der Waals surface area contributed by atoms with Crippen LogP contribution in [0.4, 0.5) is 5.82 Å². The van der Waals surface area contributed by atoms with Gasteiger partial charge in [-0.15, -0.1) is 0 Å². The molecule has 0 radical (unpaired) electrons. The highest BCUT2D eigenvalue weighted by molar-refractivity contribution is 5.61. The number of para-hydroxylation sites is 1. The van der Waals surface area contributed by atoms with E-state index in [-0.39, 0.29) is 0 Å². The van der Waals surface area contributed by atoms with Crippen LogP contribution in [0, 0.1) is 0 Å². The molecule has 0 unspecified atom stereocenters. The van der Waals surface area contributed by atoms with E-state index in [4.69, 9.17) is 9.72 Å². The first-order valence-electron chi connectivity index (χ1n) is 9.20. The average Bonchev–Trinajstić information content (AvgIpc) is 3.38. The lowest BCUT2D eigenvalue weighted by atomic mass is 10.2. The van der Waals surface area contributed by atoms with Crippen molar-refractivity contribution in [2.45, 2.75) is 44.8 Å². The van der Waals surface area contributed by atoms with E-state index >= 15 is 0 Å². The molecule has 2 aromatic heterocycles. The van der Waals surface area contributed by atoms with Crippen LogP contribution in [0.15, 0.2) is 42.6 Å². The van der Waals surface area contributed by atoms with E-state index in [2.05, 4.69) is 10.00 Å². The number of nitrogens with zero attached hydrogens (tertiary/aromatic N) is 4. The molecule has 0 saturated heterocycles. The van der Waals surface area contributed by atoms with Crippen LogP contribution in [0.5, 0.6) is 5.75 Å². The summed E-state index contributed by atoms with van der Waals surface area (Å²) in [5.74, 6) is 2.13. The Morgan fingerprint density at radius 3 is 2.76 bits per heavy atom. The molecule has 3 aromatic rings. The van der Waals surface area contributed by atoms with Crippen molar-refractivity contribution in [2.24, 2.45) is 0 Å². The summed E-state index contributed by atoms with van der Waals surface area (Å²) in [7, 11) is 0. The molecular formula is C20H22N4O. The van der Waals surface area contributed by atoms with Gasteiger partial charge in [0.2, 0.25) is 0 Å². The minimum atomic E-state index is 0.506. The molecule has 128 valence electrons. The Balaban J connectivity index is 1.52. The lowest BCUT2D eigenvalue weighted by Crippen LogP contribution is -2.32. The van der Waals surface area contributed by atoms with Gasteiger partial charge in [-0.2, -0.15) is 9.61 Å². The number of anilines is 1. The first-order valence-corrected chi connectivity index (χ1v) is 9.20. The first-order chi connectivity index (χ1) is 12.4. The van der Waals surface area contributed by atoms with Crippen LogP contribution in [0.3, 0.4) is 0 Å². The zero-order valence-corrected chi connectivity index (χ0v) is 14.3. The average molecular weight is 334 g/mol. The van der Waals surface area contributed by atoms with Crippen LogP contribution in [0.2, 0.25) is 0 Å². The smallest absolute Gasteiger partial charge is 0.157 e. The number of rotatable bonds is 4. The fraction of sp³-hybridized carbons (Fsp3) is 0.400. The van der Waals surface area contributed by atoms with Gasteiger partial charge in [-0.1, -0.05) is 31.0 Å². The molecule has 0 atom stereocenters. The monoisotopic (exact) mass is 334 g/mol. The molecule has 2 aliphatic rings. The van der Waals surface area contributed by atoms with Crippen molar-refractivity contribution in [1.29, 1.82) is 0 Å². The second-order valence-electron chi connectivity index (χ2n) is 6.95. The van der Waals surface area contributed by atoms with Crippen molar-refractivity contribution < 1.29 is 4.74 Å². The van der Waals surface area contributed by atoms with E-state index in [9.17, 15) is 0 Å². The normalized spacial score (nSPS) is 17.4. The Bertz CT molecular complexity index is 883. The summed E-state index contributed by atoms with van der Waals surface area (Å²) in [6.45, 7) is 1.57. The van der Waals surface area contributed by atoms with Crippen molar-refractivity contribution in [1.82, 2.24) is 14.6 Å². The molecule has 0 N–H and O–H groups in total. The zero-order valence-electron chi connectivity index (χ0n) is 14.3. The summed E-state index contributed by atoms with van der Waals surface area (Å²) in [5.41, 5.74) is 3.27. The van der Waals surface area contributed by atoms with E-state index in [1.54, 1.807) is 0 Å². The van der Waals surface area contributed by atoms with Gasteiger partial charge in [0.25, 0.3) is 0 Å². The molecule has 5 nitrogen and oxygen atoms in total. The largest absolute Gasteiger partial charge is 0.487 e. The number of ether oxygens (including phenoxy) is 1. The minimum Gasteiger partial charge on any atom is -0.487 e. The Kier molecular flexibility index (Phi) is 3.58. The number of fused-ring (bicyclic) bond motifs is 3. The molecule has 0 bridgehead atoms. The highest BCUT2D eigenvalue weighted by atomic mass is 16.5. The third-order valence-corrected chi connectivity index (χ3v) is 5.45. The molecule has 3 heterocycles. The maximum atomic E-state index is 5.99. The van der Waals surface area contributed by atoms with Gasteiger partial charge in [0, 0.05) is 24.2 Å². The lowest BCUT2D eigenvalue weighted by molar-refractivity contribution is 0.300. The summed E-state index contributed by atoms with van der Waals surface area (Å²) >= 11 is 0. The van der Waals surface area contributed by atoms with Gasteiger partial charge in [0.05, 0.1) is 11.9 Å². The van der Waals surface area contributed by atoms with Gasteiger partial charge in [0.1, 0.15) is 18.2 Å². The molecular weight excluding hydrogens is 312 g/mol. The predicted molar refractivity (Wildman–Crippen MR) is 97.1 cm³/mol. The van der Waals surface area contributed by atoms with Gasteiger partial charge in [0.15, 0.2) is 5.65 Å². The minimum absolute atomic E-state index is 0.506. The van der Waals surface area contributed by atoms with E-state index in [0.29, 0.717) is 12.6 Å². The van der Waals surface area contributed by atoms with Gasteiger partial charge >= 0.3 is 0 Å². The highest BCUT2D eigenvalue weighted by Crippen LogP contribution is 2.36. The van der Waals surface area contributed by atoms with Gasteiger partial charge in [-0.05, 0) is 31.4 Å². The quantitative estimate of drug-likeness (QED) is 0.731. The first kappa shape index (κ1) is 14.8. The SMILES string of the molecule is c1ccc(OCc2nc3ccnn3c3c2CCN3C2CCCC2)cc1. The van der Waals surface area contributed by atoms with E-state index in [0.717, 1.165) is 30.1 Å². The summed E-state index contributed by atoms with van der Waals surface area (Å²) in [6.07, 6.45) is 8.14. The third kappa shape index (κ3) is 2.54. The Morgan fingerprint density at radius 2 is 1.92 bits per heavy atom. The molecule has 1 aromatic carbocycles. The summed E-state index contributed by atoms with van der Waals surface area (Å²) in [4.78, 5) is 7.40. The molecule has 1 aliphatic carbocycles. The summed E-state index contributed by atoms with van der Waals surface area (Å²) in [6, 6.07) is 12.6. The molecule has 0 spiro atoms. The zero-order chi connectivity index (χ0) is 16.6. The highest BCUT2D eigenvalue weighted by Gasteiger charge is 2.32. The molecule has 0 amide bonds. The second-order valence-corrected chi connectivity index (χ2v) is 6.95. The van der Waals surface area contributed by atoms with Crippen molar-refractivity contribution in [3.8, 4) is 5.75 Å². The van der Waals surface area contributed by atoms with Crippen molar-refractivity contribution in [3.63, 3.8) is 0 Å². The van der Waals surface area contributed by atoms with Crippen LogP contribution in [-0.4, -0.2) is 27.2 Å². The molecule has 1 saturated carbocycles. The molecule has 1 aliphatic heterocycles. The van der Waals surface area contributed by atoms with Crippen molar-refractivity contribution in [3.05, 3.63) is 53.9 Å². The molecule has 25 heavy (non-hydrogen) atoms. The van der Waals surface area contributed by atoms with E-state index < -0.39 is 0 Å². The maximum Gasteiger partial charge on any atom is 0.157 e. The van der Waals surface area contributed by atoms with E-state index in [1.807, 2.05) is 47.1 Å². The van der Waals surface area contributed by atoms with Crippen molar-refractivity contribution in [2.75, 3.05) is 11.4 Å². The maximum absolute atomic E-state index is 5.99. The van der Waals surface area contributed by atoms with Gasteiger partial charge in [-0.25, -0.2) is 4.98 Å². The molecule has 5 heteroatoms. The fourth-order valence-electron chi connectivity index (χ4n) is 4.26. The van der Waals surface area contributed by atoms with Crippen LogP contribution in [0.1, 0.15) is 36.9 Å². The Hall–Kier alpha value is -2.56. The summed E-state index contributed by atoms with van der Waals surface area (Å²) in [5, 5.41) is 4.54. The number of aromatic nitrogens is 3. The second kappa shape index (κ2) is 6.06. The van der Waals surface area contributed by atoms with Crippen molar-refractivity contribution >= 4 is 11.5 Å². The molecule has 5 rings (SSSR count).